The molecule has 6 heteroatoms. The van der Waals surface area contributed by atoms with Gasteiger partial charge in [-0.05, 0) is 6.08 Å². The van der Waals surface area contributed by atoms with Gasteiger partial charge in [-0.1, -0.05) is 0 Å². The lowest BCUT2D eigenvalue weighted by Gasteiger charge is -2.16. The first-order valence-electron chi connectivity index (χ1n) is 4.16. The first-order valence-corrected chi connectivity index (χ1v) is 6.05. The van der Waals surface area contributed by atoms with E-state index in [1.807, 2.05) is 0 Å². The van der Waals surface area contributed by atoms with Crippen molar-refractivity contribution in [3.63, 3.8) is 0 Å². The van der Waals surface area contributed by atoms with Gasteiger partial charge in [0.15, 0.2) is 15.6 Å². The van der Waals surface area contributed by atoms with Crippen LogP contribution in [0.4, 0.5) is 0 Å². The van der Waals surface area contributed by atoms with Crippen molar-refractivity contribution in [1.29, 1.82) is 0 Å². The molecule has 1 aliphatic carbocycles. The first-order chi connectivity index (χ1) is 6.90. The van der Waals surface area contributed by atoms with E-state index in [9.17, 15) is 13.2 Å². The van der Waals surface area contributed by atoms with Crippen molar-refractivity contribution in [3.05, 3.63) is 22.5 Å². The molecule has 0 heterocycles. The van der Waals surface area contributed by atoms with Gasteiger partial charge in [0.2, 0.25) is 5.78 Å². The molecule has 0 saturated carbocycles. The van der Waals surface area contributed by atoms with Crippen molar-refractivity contribution in [2.45, 2.75) is 6.42 Å². The van der Waals surface area contributed by atoms with E-state index in [2.05, 4.69) is 0 Å². The number of carbonyl (C=O) groups excluding carboxylic acids is 1. The van der Waals surface area contributed by atoms with Crippen LogP contribution in [-0.4, -0.2) is 34.7 Å². The van der Waals surface area contributed by atoms with E-state index >= 15 is 0 Å². The van der Waals surface area contributed by atoms with Crippen LogP contribution in [0.25, 0.3) is 0 Å². The van der Waals surface area contributed by atoms with Crippen LogP contribution in [0.15, 0.2) is 22.5 Å². The molecule has 1 aliphatic rings. The zero-order valence-corrected chi connectivity index (χ0v) is 9.55. The standard InChI is InChI=1S/C9H12O5S/c1-13-6-4-7(10)9(14-2)8(5-6)15(3,11)12/h5H,4H2,1-3H3. The lowest BCUT2D eigenvalue weighted by molar-refractivity contribution is -0.118. The lowest BCUT2D eigenvalue weighted by atomic mass is 10.1. The molecule has 0 atom stereocenters. The summed E-state index contributed by atoms with van der Waals surface area (Å²) >= 11 is 0. The van der Waals surface area contributed by atoms with Crippen LogP contribution >= 0.6 is 0 Å². The predicted octanol–water partition coefficient (Wildman–Crippen LogP) is 0.392. The second-order valence-corrected chi connectivity index (χ2v) is 5.07. The minimum Gasteiger partial charge on any atom is -0.501 e. The zero-order chi connectivity index (χ0) is 11.6. The minimum absolute atomic E-state index is 0.0265. The fourth-order valence-corrected chi connectivity index (χ4v) is 2.14. The molecule has 0 saturated heterocycles. The predicted molar refractivity (Wildman–Crippen MR) is 53.6 cm³/mol. The van der Waals surface area contributed by atoms with Gasteiger partial charge in [-0.15, -0.1) is 0 Å². The van der Waals surface area contributed by atoms with Crippen molar-refractivity contribution < 1.29 is 22.7 Å². The van der Waals surface area contributed by atoms with Gasteiger partial charge in [-0.2, -0.15) is 0 Å². The number of hydrogen-bond donors (Lipinski definition) is 0. The zero-order valence-electron chi connectivity index (χ0n) is 8.73. The van der Waals surface area contributed by atoms with Gasteiger partial charge in [0, 0.05) is 6.26 Å². The molecule has 0 fully saturated rings. The van der Waals surface area contributed by atoms with Gasteiger partial charge in [0.1, 0.15) is 10.7 Å². The normalized spacial score (nSPS) is 17.5. The molecule has 0 aromatic heterocycles. The number of carbonyl (C=O) groups is 1. The molecule has 84 valence electrons. The molecular weight excluding hydrogens is 220 g/mol. The van der Waals surface area contributed by atoms with Crippen LogP contribution in [-0.2, 0) is 24.1 Å². The maximum absolute atomic E-state index is 11.5. The number of hydrogen-bond acceptors (Lipinski definition) is 5. The highest BCUT2D eigenvalue weighted by molar-refractivity contribution is 7.94. The van der Waals surface area contributed by atoms with E-state index in [1.54, 1.807) is 0 Å². The van der Waals surface area contributed by atoms with Gasteiger partial charge < -0.3 is 9.47 Å². The highest BCUT2D eigenvalue weighted by Gasteiger charge is 2.28. The Bertz CT molecular complexity index is 441. The van der Waals surface area contributed by atoms with E-state index in [4.69, 9.17) is 9.47 Å². The van der Waals surface area contributed by atoms with E-state index in [0.717, 1.165) is 6.26 Å². The van der Waals surface area contributed by atoms with Crippen molar-refractivity contribution in [1.82, 2.24) is 0 Å². The average Bonchev–Trinajstić information content (AvgIpc) is 2.15. The Labute approximate surface area is 88.3 Å². The maximum atomic E-state index is 11.5. The molecule has 1 rings (SSSR count). The van der Waals surface area contributed by atoms with E-state index in [-0.39, 0.29) is 17.1 Å². The molecule has 0 amide bonds. The first kappa shape index (κ1) is 11.8. The van der Waals surface area contributed by atoms with Gasteiger partial charge >= 0.3 is 0 Å². The third-order valence-corrected chi connectivity index (χ3v) is 3.07. The van der Waals surface area contributed by atoms with Gasteiger partial charge in [0.05, 0.1) is 20.6 Å². The number of sulfone groups is 1. The number of methoxy groups -OCH3 is 2. The molecule has 0 aliphatic heterocycles. The molecule has 15 heavy (non-hydrogen) atoms. The summed E-state index contributed by atoms with van der Waals surface area (Å²) in [6, 6.07) is 0. The molecule has 0 aromatic rings. The minimum atomic E-state index is -3.49. The molecule has 0 spiro atoms. The molecular formula is C9H12O5S. The monoisotopic (exact) mass is 232 g/mol. The molecule has 0 unspecified atom stereocenters. The summed E-state index contributed by atoms with van der Waals surface area (Å²) in [4.78, 5) is 11.4. The average molecular weight is 232 g/mol. The van der Waals surface area contributed by atoms with Crippen LogP contribution in [0.5, 0.6) is 0 Å². The highest BCUT2D eigenvalue weighted by atomic mass is 32.2. The highest BCUT2D eigenvalue weighted by Crippen LogP contribution is 2.25. The van der Waals surface area contributed by atoms with Crippen molar-refractivity contribution in [2.75, 3.05) is 20.5 Å². The molecule has 0 radical (unpaired) electrons. The third kappa shape index (κ3) is 2.38. The summed E-state index contributed by atoms with van der Waals surface area (Å²) < 4.78 is 32.4. The third-order valence-electron chi connectivity index (χ3n) is 1.97. The quantitative estimate of drug-likeness (QED) is 0.704. The summed E-state index contributed by atoms with van der Waals surface area (Å²) in [7, 11) is -0.832. The Morgan fingerprint density at radius 3 is 2.27 bits per heavy atom. The maximum Gasteiger partial charge on any atom is 0.206 e. The van der Waals surface area contributed by atoms with Crippen LogP contribution in [0.1, 0.15) is 6.42 Å². The summed E-state index contributed by atoms with van der Waals surface area (Å²) in [5.41, 5.74) is 0. The smallest absolute Gasteiger partial charge is 0.206 e. The second kappa shape index (κ2) is 4.06. The lowest BCUT2D eigenvalue weighted by Crippen LogP contribution is -2.17. The van der Waals surface area contributed by atoms with Crippen molar-refractivity contribution >= 4 is 15.6 Å². The summed E-state index contributed by atoms with van der Waals surface area (Å²) in [5.74, 6) is -0.197. The number of ketones is 1. The molecule has 0 aromatic carbocycles. The fourth-order valence-electron chi connectivity index (χ4n) is 1.26. The Morgan fingerprint density at radius 1 is 1.27 bits per heavy atom. The summed E-state index contributed by atoms with van der Waals surface area (Å²) in [6.45, 7) is 0. The number of Topliss-reactive ketones (excluding diaryl/α,β-unsaturated/α-hetero) is 1. The van der Waals surface area contributed by atoms with Gasteiger partial charge in [-0.25, -0.2) is 8.42 Å². The largest absolute Gasteiger partial charge is 0.501 e. The molecule has 0 N–H and O–H groups in total. The molecule has 0 bridgehead atoms. The van der Waals surface area contributed by atoms with Gasteiger partial charge in [-0.3, -0.25) is 4.79 Å². The summed E-state index contributed by atoms with van der Waals surface area (Å²) in [6.07, 6.45) is 2.36. The topological polar surface area (TPSA) is 69.7 Å². The van der Waals surface area contributed by atoms with Crippen molar-refractivity contribution in [3.8, 4) is 0 Å². The van der Waals surface area contributed by atoms with E-state index in [0.29, 0.717) is 5.76 Å². The Morgan fingerprint density at radius 2 is 1.87 bits per heavy atom. The number of allylic oxidation sites excluding steroid dienone is 3. The SMILES string of the molecule is COC1=CC(S(C)(=O)=O)=C(OC)C(=O)C1. The van der Waals surface area contributed by atoms with Crippen molar-refractivity contribution in [2.24, 2.45) is 0 Å². The molecule has 5 nitrogen and oxygen atoms in total. The number of ether oxygens (including phenoxy) is 2. The second-order valence-electron chi connectivity index (χ2n) is 3.08. The van der Waals surface area contributed by atoms with Crippen LogP contribution in [0.3, 0.4) is 0 Å². The van der Waals surface area contributed by atoms with E-state index < -0.39 is 15.6 Å². The Kier molecular flexibility index (Phi) is 3.18. The van der Waals surface area contributed by atoms with Crippen LogP contribution < -0.4 is 0 Å². The number of rotatable bonds is 3. The fraction of sp³-hybridized carbons (Fsp3) is 0.444. The Balaban J connectivity index is 3.37. The van der Waals surface area contributed by atoms with E-state index in [1.165, 1.54) is 20.3 Å². The van der Waals surface area contributed by atoms with Gasteiger partial charge in [0.25, 0.3) is 0 Å². The Hall–Kier alpha value is -1.30. The van der Waals surface area contributed by atoms with Crippen LogP contribution in [0.2, 0.25) is 0 Å². The van der Waals surface area contributed by atoms with Crippen LogP contribution in [0, 0.1) is 0 Å². The summed E-state index contributed by atoms with van der Waals surface area (Å²) in [5, 5.41) is 0.